The summed E-state index contributed by atoms with van der Waals surface area (Å²) < 4.78 is 13.1. The number of tetrazole rings is 1. The lowest BCUT2D eigenvalue weighted by atomic mass is 9.91. The summed E-state index contributed by atoms with van der Waals surface area (Å²) in [7, 11) is 0. The topological polar surface area (TPSA) is 46.8 Å². The van der Waals surface area contributed by atoms with Gasteiger partial charge in [-0.2, -0.15) is 0 Å². The van der Waals surface area contributed by atoms with Crippen LogP contribution in [0.5, 0.6) is 0 Å². The number of aromatic nitrogens is 4. The van der Waals surface area contributed by atoms with Crippen LogP contribution in [0.15, 0.2) is 30.6 Å². The van der Waals surface area contributed by atoms with Crippen LogP contribution in [-0.4, -0.2) is 33.4 Å². The van der Waals surface area contributed by atoms with E-state index in [2.05, 4.69) is 20.4 Å². The molecule has 0 N–H and O–H groups in total. The molecule has 0 amide bonds. The van der Waals surface area contributed by atoms with E-state index in [0.29, 0.717) is 5.92 Å². The van der Waals surface area contributed by atoms with Gasteiger partial charge in [0.15, 0.2) is 6.33 Å². The van der Waals surface area contributed by atoms with E-state index in [1.165, 1.54) is 12.4 Å². The molecule has 1 saturated heterocycles. The van der Waals surface area contributed by atoms with Gasteiger partial charge in [0.05, 0.1) is 0 Å². The molecule has 100 valence electrons. The van der Waals surface area contributed by atoms with E-state index < -0.39 is 0 Å². The first-order valence-electron chi connectivity index (χ1n) is 6.54. The molecule has 1 aliphatic rings. The highest BCUT2D eigenvalue weighted by Crippen LogP contribution is 2.21. The van der Waals surface area contributed by atoms with Crippen LogP contribution in [0, 0.1) is 11.7 Å². The van der Waals surface area contributed by atoms with Gasteiger partial charge in [0, 0.05) is 13.1 Å². The van der Waals surface area contributed by atoms with Crippen molar-refractivity contribution in [3.8, 4) is 0 Å². The molecule has 0 spiro atoms. The second kappa shape index (κ2) is 5.34. The molecule has 0 unspecified atom stereocenters. The fraction of sp³-hybridized carbons (Fsp3) is 0.462. The standard InChI is InChI=1S/C13H16FN5/c14-13-3-1-2-12(9-13)8-11-4-6-18(7-5-11)19-16-10-15-17-19/h1-3,9-11H,4-8H2. The highest BCUT2D eigenvalue weighted by Gasteiger charge is 2.20. The van der Waals surface area contributed by atoms with Crippen molar-refractivity contribution in [1.29, 1.82) is 0 Å². The van der Waals surface area contributed by atoms with Crippen molar-refractivity contribution in [3.63, 3.8) is 0 Å². The summed E-state index contributed by atoms with van der Waals surface area (Å²) in [5.41, 5.74) is 1.08. The van der Waals surface area contributed by atoms with E-state index in [1.807, 2.05) is 6.07 Å². The van der Waals surface area contributed by atoms with Gasteiger partial charge in [-0.15, -0.1) is 10.2 Å². The molecule has 0 saturated carbocycles. The molecule has 0 bridgehead atoms. The maximum absolute atomic E-state index is 13.1. The van der Waals surface area contributed by atoms with E-state index in [0.717, 1.165) is 37.9 Å². The predicted molar refractivity (Wildman–Crippen MR) is 68.6 cm³/mol. The summed E-state index contributed by atoms with van der Waals surface area (Å²) in [5, 5.41) is 13.7. The lowest BCUT2D eigenvalue weighted by Crippen LogP contribution is -2.43. The predicted octanol–water partition coefficient (Wildman–Crippen LogP) is 1.40. The van der Waals surface area contributed by atoms with Gasteiger partial charge in [-0.05, 0) is 48.1 Å². The second-order valence-electron chi connectivity index (χ2n) is 4.94. The molecule has 1 aliphatic heterocycles. The molecule has 1 aromatic carbocycles. The first-order chi connectivity index (χ1) is 9.31. The maximum atomic E-state index is 13.1. The van der Waals surface area contributed by atoms with Crippen LogP contribution >= 0.6 is 0 Å². The minimum absolute atomic E-state index is 0.151. The zero-order valence-electron chi connectivity index (χ0n) is 10.6. The second-order valence-corrected chi connectivity index (χ2v) is 4.94. The third-order valence-corrected chi connectivity index (χ3v) is 3.60. The molecule has 3 rings (SSSR count). The maximum Gasteiger partial charge on any atom is 0.164 e. The van der Waals surface area contributed by atoms with E-state index in [4.69, 9.17) is 0 Å². The van der Waals surface area contributed by atoms with Gasteiger partial charge in [-0.3, -0.25) is 5.01 Å². The van der Waals surface area contributed by atoms with Crippen molar-refractivity contribution in [2.75, 3.05) is 18.1 Å². The fourth-order valence-electron chi connectivity index (χ4n) is 2.59. The monoisotopic (exact) mass is 261 g/mol. The number of piperidine rings is 1. The zero-order chi connectivity index (χ0) is 13.1. The summed E-state index contributed by atoms with van der Waals surface area (Å²) in [4.78, 5) is 1.55. The molecule has 0 atom stereocenters. The smallest absolute Gasteiger partial charge is 0.164 e. The summed E-state index contributed by atoms with van der Waals surface area (Å²) in [6.45, 7) is 1.83. The first-order valence-corrected chi connectivity index (χ1v) is 6.54. The largest absolute Gasteiger partial charge is 0.278 e. The third kappa shape index (κ3) is 2.89. The SMILES string of the molecule is Fc1cccc(CC2CCN(n3ncnn3)CC2)c1. The molecular weight excluding hydrogens is 245 g/mol. The van der Waals surface area contributed by atoms with E-state index in [1.54, 1.807) is 17.0 Å². The Morgan fingerprint density at radius 1 is 1.26 bits per heavy atom. The zero-order valence-corrected chi connectivity index (χ0v) is 10.6. The van der Waals surface area contributed by atoms with Crippen LogP contribution < -0.4 is 5.01 Å². The number of nitrogens with zero attached hydrogens (tertiary/aromatic N) is 5. The first kappa shape index (κ1) is 12.1. The number of hydrogen-bond acceptors (Lipinski definition) is 4. The van der Waals surface area contributed by atoms with Gasteiger partial charge >= 0.3 is 0 Å². The van der Waals surface area contributed by atoms with Crippen LogP contribution in [0.3, 0.4) is 0 Å². The Morgan fingerprint density at radius 2 is 2.11 bits per heavy atom. The highest BCUT2D eigenvalue weighted by atomic mass is 19.1. The van der Waals surface area contributed by atoms with Crippen LogP contribution in [0.2, 0.25) is 0 Å². The summed E-state index contributed by atoms with van der Waals surface area (Å²) in [6, 6.07) is 6.89. The fourth-order valence-corrected chi connectivity index (χ4v) is 2.59. The quantitative estimate of drug-likeness (QED) is 0.838. The van der Waals surface area contributed by atoms with Crippen molar-refractivity contribution >= 4 is 0 Å². The molecule has 19 heavy (non-hydrogen) atoms. The lowest BCUT2D eigenvalue weighted by molar-refractivity contribution is 0.330. The average molecular weight is 261 g/mol. The number of rotatable bonds is 3. The van der Waals surface area contributed by atoms with Crippen molar-refractivity contribution in [1.82, 2.24) is 20.3 Å². The van der Waals surface area contributed by atoms with Crippen molar-refractivity contribution in [3.05, 3.63) is 42.0 Å². The Morgan fingerprint density at radius 3 is 2.79 bits per heavy atom. The lowest BCUT2D eigenvalue weighted by Gasteiger charge is -2.31. The van der Waals surface area contributed by atoms with Crippen LogP contribution in [0.1, 0.15) is 18.4 Å². The van der Waals surface area contributed by atoms with Gasteiger partial charge in [-0.1, -0.05) is 17.0 Å². The van der Waals surface area contributed by atoms with Crippen molar-refractivity contribution < 1.29 is 4.39 Å². The summed E-state index contributed by atoms with van der Waals surface area (Å²) in [5.74, 6) is 0.448. The van der Waals surface area contributed by atoms with Crippen LogP contribution in [-0.2, 0) is 6.42 Å². The van der Waals surface area contributed by atoms with Crippen LogP contribution in [0.4, 0.5) is 4.39 Å². The van der Waals surface area contributed by atoms with E-state index in [-0.39, 0.29) is 5.82 Å². The number of benzene rings is 1. The van der Waals surface area contributed by atoms with Gasteiger partial charge in [0.1, 0.15) is 5.82 Å². The molecule has 0 radical (unpaired) electrons. The molecule has 1 aromatic heterocycles. The molecule has 2 heterocycles. The molecule has 0 aliphatic carbocycles. The molecule has 5 nitrogen and oxygen atoms in total. The average Bonchev–Trinajstić information content (AvgIpc) is 2.94. The number of halogens is 1. The molecule has 6 heteroatoms. The van der Waals surface area contributed by atoms with Gasteiger partial charge < -0.3 is 0 Å². The van der Waals surface area contributed by atoms with Crippen LogP contribution in [0.25, 0.3) is 0 Å². The Hall–Kier alpha value is -1.98. The minimum atomic E-state index is -0.151. The summed E-state index contributed by atoms with van der Waals surface area (Å²) >= 11 is 0. The van der Waals surface area contributed by atoms with E-state index >= 15 is 0 Å². The van der Waals surface area contributed by atoms with Crippen molar-refractivity contribution in [2.24, 2.45) is 5.92 Å². The minimum Gasteiger partial charge on any atom is -0.278 e. The van der Waals surface area contributed by atoms with Gasteiger partial charge in [-0.25, -0.2) is 4.39 Å². The number of hydrogen-bond donors (Lipinski definition) is 0. The van der Waals surface area contributed by atoms with Gasteiger partial charge in [0.25, 0.3) is 0 Å². The Kier molecular flexibility index (Phi) is 3.39. The Bertz CT molecular complexity index is 520. The third-order valence-electron chi connectivity index (χ3n) is 3.60. The Labute approximate surface area is 111 Å². The van der Waals surface area contributed by atoms with Crippen molar-refractivity contribution in [2.45, 2.75) is 19.3 Å². The highest BCUT2D eigenvalue weighted by molar-refractivity contribution is 5.17. The Balaban J connectivity index is 1.56. The molecular formula is C13H16FN5. The normalized spacial score (nSPS) is 16.8. The van der Waals surface area contributed by atoms with Gasteiger partial charge in [0.2, 0.25) is 0 Å². The molecule has 1 fully saturated rings. The van der Waals surface area contributed by atoms with E-state index in [9.17, 15) is 4.39 Å². The molecule has 2 aromatic rings. The summed E-state index contributed by atoms with van der Waals surface area (Å²) in [6.07, 6.45) is 4.52.